The molecule has 0 spiro atoms. The minimum absolute atomic E-state index is 0.0901. The first-order valence-corrected chi connectivity index (χ1v) is 12.0. The number of hydrogen-bond acceptors (Lipinski definition) is 5. The molecule has 0 bridgehead atoms. The summed E-state index contributed by atoms with van der Waals surface area (Å²) >= 11 is 1.56. The van der Waals surface area contributed by atoms with Gasteiger partial charge in [-0.05, 0) is 50.0 Å². The molecule has 3 aliphatic rings. The fraction of sp³-hybridized carbons (Fsp3) is 0.727. The van der Waals surface area contributed by atoms with Crippen molar-refractivity contribution in [3.05, 3.63) is 22.4 Å². The number of thiophene rings is 1. The fourth-order valence-electron chi connectivity index (χ4n) is 4.67. The molecule has 2 aliphatic heterocycles. The normalized spacial score (nSPS) is 23.4. The minimum atomic E-state index is 0.0901. The van der Waals surface area contributed by atoms with E-state index in [1.165, 1.54) is 0 Å². The van der Waals surface area contributed by atoms with E-state index in [2.05, 4.69) is 9.80 Å². The van der Waals surface area contributed by atoms with Gasteiger partial charge >= 0.3 is 0 Å². The Hall–Kier alpha value is -1.44. The zero-order valence-corrected chi connectivity index (χ0v) is 18.2. The van der Waals surface area contributed by atoms with Crippen molar-refractivity contribution in [3.63, 3.8) is 0 Å². The van der Waals surface area contributed by atoms with E-state index in [-0.39, 0.29) is 5.91 Å². The number of rotatable bonds is 7. The maximum Gasteiger partial charge on any atom is 0.254 e. The number of carbonyl (C=O) groups is 2. The van der Waals surface area contributed by atoms with Crippen LogP contribution >= 0.6 is 11.3 Å². The Labute approximate surface area is 177 Å². The van der Waals surface area contributed by atoms with Crippen molar-refractivity contribution < 1.29 is 14.3 Å². The Kier molecular flexibility index (Phi) is 6.88. The maximum absolute atomic E-state index is 12.6. The van der Waals surface area contributed by atoms with Crippen molar-refractivity contribution in [1.82, 2.24) is 14.7 Å². The first kappa shape index (κ1) is 20.8. The number of ether oxygens (including phenoxy) is 1. The molecule has 1 aromatic heterocycles. The molecule has 1 aromatic rings. The molecule has 2 saturated heterocycles. The van der Waals surface area contributed by atoms with Crippen molar-refractivity contribution >= 4 is 23.2 Å². The van der Waals surface area contributed by atoms with E-state index in [0.29, 0.717) is 30.5 Å². The van der Waals surface area contributed by atoms with Crippen LogP contribution in [0.5, 0.6) is 0 Å². The highest BCUT2D eigenvalue weighted by molar-refractivity contribution is 7.08. The van der Waals surface area contributed by atoms with Crippen molar-refractivity contribution in [3.8, 4) is 0 Å². The van der Waals surface area contributed by atoms with E-state index < -0.39 is 0 Å². The van der Waals surface area contributed by atoms with Crippen LogP contribution in [0.3, 0.4) is 0 Å². The smallest absolute Gasteiger partial charge is 0.254 e. The number of hydrogen-bond donors (Lipinski definition) is 0. The number of nitrogens with zero attached hydrogens (tertiary/aromatic N) is 3. The number of carbonyl (C=O) groups excluding carboxylic acids is 2. The van der Waals surface area contributed by atoms with Gasteiger partial charge in [0.2, 0.25) is 5.91 Å². The van der Waals surface area contributed by atoms with Gasteiger partial charge < -0.3 is 14.5 Å². The fourth-order valence-corrected chi connectivity index (χ4v) is 5.30. The zero-order chi connectivity index (χ0) is 20.2. The number of piperidine rings is 1. The van der Waals surface area contributed by atoms with E-state index in [1.54, 1.807) is 11.3 Å². The Balaban J connectivity index is 1.40. The lowest BCUT2D eigenvalue weighted by Gasteiger charge is -2.44. The molecular weight excluding hydrogens is 386 g/mol. The molecular formula is C22H33N3O3S. The molecule has 1 saturated carbocycles. The molecule has 2 amide bonds. The highest BCUT2D eigenvalue weighted by atomic mass is 32.1. The SMILES string of the molecule is CN(CCN(C1CCOCC1)C1CCCN(C(=O)C2CC2)C1)C(=O)c1ccsc1. The van der Waals surface area contributed by atoms with Crippen molar-refractivity contribution in [1.29, 1.82) is 0 Å². The van der Waals surface area contributed by atoms with Crippen LogP contribution in [0.1, 0.15) is 48.9 Å². The Bertz CT molecular complexity index is 685. The zero-order valence-electron chi connectivity index (χ0n) is 17.4. The van der Waals surface area contributed by atoms with Crippen molar-refractivity contribution in [2.75, 3.05) is 46.4 Å². The molecule has 160 valence electrons. The van der Waals surface area contributed by atoms with Gasteiger partial charge in [0.15, 0.2) is 0 Å². The summed E-state index contributed by atoms with van der Waals surface area (Å²) in [5, 5.41) is 3.86. The summed E-state index contributed by atoms with van der Waals surface area (Å²) in [6.07, 6.45) is 6.42. The first-order valence-electron chi connectivity index (χ1n) is 11.0. The second-order valence-corrected chi connectivity index (χ2v) is 9.45. The van der Waals surface area contributed by atoms with Gasteiger partial charge in [0.25, 0.3) is 5.91 Å². The van der Waals surface area contributed by atoms with Crippen LogP contribution in [0.15, 0.2) is 16.8 Å². The second-order valence-electron chi connectivity index (χ2n) is 8.67. The molecule has 4 rings (SSSR count). The Morgan fingerprint density at radius 1 is 1.14 bits per heavy atom. The van der Waals surface area contributed by atoms with Crippen LogP contribution in [0.25, 0.3) is 0 Å². The van der Waals surface area contributed by atoms with Crippen LogP contribution in [-0.2, 0) is 9.53 Å². The molecule has 3 heterocycles. The molecule has 0 aromatic carbocycles. The summed E-state index contributed by atoms with van der Waals surface area (Å²) in [4.78, 5) is 31.8. The van der Waals surface area contributed by atoms with Gasteiger partial charge in [-0.25, -0.2) is 0 Å². The summed E-state index contributed by atoms with van der Waals surface area (Å²) < 4.78 is 5.59. The largest absolute Gasteiger partial charge is 0.381 e. The molecule has 1 unspecified atom stereocenters. The van der Waals surface area contributed by atoms with Crippen LogP contribution in [0.4, 0.5) is 0 Å². The minimum Gasteiger partial charge on any atom is -0.381 e. The lowest BCUT2D eigenvalue weighted by Crippen LogP contribution is -2.55. The van der Waals surface area contributed by atoms with Crippen molar-refractivity contribution in [2.24, 2.45) is 5.92 Å². The average Bonchev–Trinajstić information content (AvgIpc) is 3.47. The molecule has 3 fully saturated rings. The summed E-state index contributed by atoms with van der Waals surface area (Å²) in [5.74, 6) is 0.749. The standard InChI is InChI=1S/C22H33N3O3S/c1-23(21(26)18-8-14-29-16-18)10-11-25(19-6-12-28-13-7-19)20-3-2-9-24(15-20)22(27)17-4-5-17/h8,14,16-17,19-20H,2-7,9-13,15H2,1H3. The number of amides is 2. The van der Waals surface area contributed by atoms with Crippen molar-refractivity contribution in [2.45, 2.75) is 50.6 Å². The highest BCUT2D eigenvalue weighted by Gasteiger charge is 2.38. The Morgan fingerprint density at radius 2 is 1.93 bits per heavy atom. The first-order chi connectivity index (χ1) is 14.1. The average molecular weight is 420 g/mol. The quantitative estimate of drug-likeness (QED) is 0.682. The summed E-state index contributed by atoms with van der Waals surface area (Å²) in [6, 6.07) is 2.76. The topological polar surface area (TPSA) is 53.1 Å². The van der Waals surface area contributed by atoms with Crippen LogP contribution in [0.2, 0.25) is 0 Å². The summed E-state index contributed by atoms with van der Waals surface area (Å²) in [6.45, 7) is 4.93. The van der Waals surface area contributed by atoms with E-state index >= 15 is 0 Å². The summed E-state index contributed by atoms with van der Waals surface area (Å²) in [7, 11) is 1.89. The second kappa shape index (κ2) is 9.58. The summed E-state index contributed by atoms with van der Waals surface area (Å²) in [5.41, 5.74) is 0.772. The van der Waals surface area contributed by atoms with Crippen LogP contribution in [0, 0.1) is 5.92 Å². The third-order valence-corrected chi connectivity index (χ3v) is 7.26. The monoisotopic (exact) mass is 419 g/mol. The maximum atomic E-state index is 12.6. The predicted octanol–water partition coefficient (Wildman–Crippen LogP) is 2.70. The van der Waals surface area contributed by atoms with Gasteiger partial charge in [0.1, 0.15) is 0 Å². The van der Waals surface area contributed by atoms with E-state index in [9.17, 15) is 9.59 Å². The molecule has 1 aliphatic carbocycles. The third kappa shape index (κ3) is 5.19. The van der Waals surface area contributed by atoms with Gasteiger partial charge in [-0.15, -0.1) is 0 Å². The van der Waals surface area contributed by atoms with Gasteiger partial charge in [-0.3, -0.25) is 14.5 Å². The van der Waals surface area contributed by atoms with Crippen LogP contribution in [-0.4, -0.2) is 85.0 Å². The lowest BCUT2D eigenvalue weighted by atomic mass is 9.98. The number of likely N-dealkylation sites (tertiary alicyclic amines) is 1. The van der Waals surface area contributed by atoms with E-state index in [0.717, 1.165) is 76.9 Å². The van der Waals surface area contributed by atoms with E-state index in [4.69, 9.17) is 4.74 Å². The molecule has 1 atom stereocenters. The molecule has 6 nitrogen and oxygen atoms in total. The molecule has 0 radical (unpaired) electrons. The molecule has 0 N–H and O–H groups in total. The third-order valence-electron chi connectivity index (χ3n) is 6.57. The van der Waals surface area contributed by atoms with Gasteiger partial charge in [-0.2, -0.15) is 11.3 Å². The Morgan fingerprint density at radius 3 is 2.62 bits per heavy atom. The van der Waals surface area contributed by atoms with Gasteiger partial charge in [0.05, 0.1) is 5.56 Å². The van der Waals surface area contributed by atoms with E-state index in [1.807, 2.05) is 28.8 Å². The molecule has 29 heavy (non-hydrogen) atoms. The van der Waals surface area contributed by atoms with Gasteiger partial charge in [-0.1, -0.05) is 0 Å². The highest BCUT2D eigenvalue weighted by Crippen LogP contribution is 2.33. The predicted molar refractivity (Wildman–Crippen MR) is 114 cm³/mol. The number of likely N-dealkylation sites (N-methyl/N-ethyl adjacent to an activating group) is 1. The molecule has 7 heteroatoms. The lowest BCUT2D eigenvalue weighted by molar-refractivity contribution is -0.135. The van der Waals surface area contributed by atoms with Crippen LogP contribution < -0.4 is 0 Å². The van der Waals surface area contributed by atoms with Gasteiger partial charge in [0, 0.05) is 69.8 Å².